The van der Waals surface area contributed by atoms with Crippen molar-refractivity contribution in [3.8, 4) is 0 Å². The Labute approximate surface area is 118 Å². The van der Waals surface area contributed by atoms with Gasteiger partial charge in [0.25, 0.3) is 0 Å². The first-order valence-corrected chi connectivity index (χ1v) is 5.73. The molecule has 0 N–H and O–H groups in total. The van der Waals surface area contributed by atoms with Crippen molar-refractivity contribution in [1.29, 1.82) is 0 Å². The largest absolute Gasteiger partial charge is 1.00 e. The minimum Gasteiger partial charge on any atom is -0.726 e. The first kappa shape index (κ1) is 14.8. The molecule has 0 aromatic heterocycles. The number of halogens is 1. The van der Waals surface area contributed by atoms with Gasteiger partial charge in [-0.05, 0) is 40.3 Å². The predicted octanol–water partition coefficient (Wildman–Crippen LogP) is -1.73. The maximum absolute atomic E-state index is 10.1. The van der Waals surface area contributed by atoms with Gasteiger partial charge in [0, 0.05) is 3.57 Å². The van der Waals surface area contributed by atoms with Gasteiger partial charge in [0.05, 0.1) is 6.61 Å². The van der Waals surface area contributed by atoms with Gasteiger partial charge in [0.15, 0.2) is 0 Å². The molecule has 1 aromatic carbocycles. The minimum absolute atomic E-state index is 0. The topological polar surface area (TPSA) is 66.4 Å². The molecule has 0 bridgehead atoms. The smallest absolute Gasteiger partial charge is 0.726 e. The van der Waals surface area contributed by atoms with Crippen molar-refractivity contribution in [2.75, 3.05) is 0 Å². The molecule has 0 saturated carbocycles. The third kappa shape index (κ3) is 6.33. The molecule has 0 heterocycles. The van der Waals surface area contributed by atoms with Crippen molar-refractivity contribution >= 4 is 33.0 Å². The van der Waals surface area contributed by atoms with Crippen molar-refractivity contribution < 1.29 is 46.7 Å². The van der Waals surface area contributed by atoms with Crippen molar-refractivity contribution in [2.24, 2.45) is 0 Å². The van der Waals surface area contributed by atoms with E-state index in [9.17, 15) is 13.0 Å². The Morgan fingerprint density at radius 3 is 2.21 bits per heavy atom. The molecule has 1 aromatic rings. The molecule has 0 aliphatic carbocycles. The van der Waals surface area contributed by atoms with Crippen molar-refractivity contribution in [2.45, 2.75) is 6.61 Å². The number of benzene rings is 1. The van der Waals surface area contributed by atoms with Crippen LogP contribution in [-0.4, -0.2) is 13.0 Å². The molecule has 0 radical (unpaired) electrons. The van der Waals surface area contributed by atoms with E-state index in [1.54, 1.807) is 24.3 Å². The molecule has 0 unspecified atom stereocenters. The molecule has 0 aliphatic heterocycles. The molecular weight excluding hydrogens is 330 g/mol. The van der Waals surface area contributed by atoms with Crippen molar-refractivity contribution in [3.05, 3.63) is 33.4 Å². The minimum atomic E-state index is -4.58. The van der Waals surface area contributed by atoms with E-state index in [1.165, 1.54) is 0 Å². The van der Waals surface area contributed by atoms with Crippen molar-refractivity contribution in [3.63, 3.8) is 0 Å². The van der Waals surface area contributed by atoms with Gasteiger partial charge in [0.1, 0.15) is 0 Å². The monoisotopic (exact) mass is 336 g/mol. The predicted molar refractivity (Wildman–Crippen MR) is 53.6 cm³/mol. The van der Waals surface area contributed by atoms with Crippen LogP contribution in [0.2, 0.25) is 0 Å². The average Bonchev–Trinajstić information content (AvgIpc) is 2.02. The van der Waals surface area contributed by atoms with E-state index >= 15 is 0 Å². The van der Waals surface area contributed by atoms with Crippen LogP contribution >= 0.6 is 22.6 Å². The molecule has 0 fully saturated rings. The molecule has 0 aliphatic rings. The van der Waals surface area contributed by atoms with E-state index in [0.717, 1.165) is 3.57 Å². The zero-order valence-corrected chi connectivity index (χ0v) is 12.4. The summed E-state index contributed by atoms with van der Waals surface area (Å²) in [5.41, 5.74) is 0.653. The zero-order chi connectivity index (χ0) is 9.90. The van der Waals surface area contributed by atoms with Gasteiger partial charge in [-0.2, -0.15) is 0 Å². The molecule has 0 atom stereocenters. The summed E-state index contributed by atoms with van der Waals surface area (Å²) >= 11 is 2.12. The molecule has 1 rings (SSSR count). The SMILES string of the molecule is O=S(=O)([O-])OCc1ccc(I)cc1.[Na+]. The van der Waals surface area contributed by atoms with E-state index < -0.39 is 10.4 Å². The van der Waals surface area contributed by atoms with Crippen LogP contribution in [0.1, 0.15) is 5.56 Å². The molecule has 0 spiro atoms. The fourth-order valence-corrected chi connectivity index (χ4v) is 1.36. The van der Waals surface area contributed by atoms with Crippen LogP contribution in [0.15, 0.2) is 24.3 Å². The maximum atomic E-state index is 10.1. The number of hydrogen-bond acceptors (Lipinski definition) is 4. The standard InChI is InChI=1S/C7H7IO4S.Na/c8-7-3-1-6(2-4-7)5-12-13(9,10)11;/h1-4H,5H2,(H,9,10,11);/q;+1/p-1. The van der Waals surface area contributed by atoms with Crippen LogP contribution < -0.4 is 29.6 Å². The Kier molecular flexibility index (Phi) is 6.79. The van der Waals surface area contributed by atoms with Gasteiger partial charge in [-0.3, -0.25) is 4.18 Å². The van der Waals surface area contributed by atoms with E-state index in [0.29, 0.717) is 5.56 Å². The summed E-state index contributed by atoms with van der Waals surface area (Å²) in [6.07, 6.45) is 0. The molecule has 0 amide bonds. The Morgan fingerprint density at radius 2 is 1.79 bits per heavy atom. The van der Waals surface area contributed by atoms with Crippen LogP contribution in [0.4, 0.5) is 0 Å². The Hall–Kier alpha value is 0.820. The van der Waals surface area contributed by atoms with Gasteiger partial charge in [-0.25, -0.2) is 8.42 Å². The van der Waals surface area contributed by atoms with Crippen LogP contribution in [0.3, 0.4) is 0 Å². The summed E-state index contributed by atoms with van der Waals surface area (Å²) in [6.45, 7) is -0.206. The molecule has 72 valence electrons. The molecule has 4 nitrogen and oxygen atoms in total. The van der Waals surface area contributed by atoms with Gasteiger partial charge >= 0.3 is 29.6 Å². The summed E-state index contributed by atoms with van der Waals surface area (Å²) in [5.74, 6) is 0. The average molecular weight is 336 g/mol. The normalized spacial score (nSPS) is 10.7. The van der Waals surface area contributed by atoms with E-state index in [-0.39, 0.29) is 36.2 Å². The van der Waals surface area contributed by atoms with Crippen LogP contribution in [0, 0.1) is 3.57 Å². The Morgan fingerprint density at radius 1 is 1.29 bits per heavy atom. The maximum Gasteiger partial charge on any atom is 1.00 e. The van der Waals surface area contributed by atoms with Gasteiger partial charge < -0.3 is 4.55 Å². The molecule has 0 saturated heterocycles. The quantitative estimate of drug-likeness (QED) is 0.285. The summed E-state index contributed by atoms with van der Waals surface area (Å²) < 4.78 is 35.4. The zero-order valence-electron chi connectivity index (χ0n) is 7.44. The number of hydrogen-bond donors (Lipinski definition) is 0. The second kappa shape index (κ2) is 6.41. The van der Waals surface area contributed by atoms with E-state index in [4.69, 9.17) is 0 Å². The Balaban J connectivity index is 0.00000169. The van der Waals surface area contributed by atoms with Crippen LogP contribution in [0.25, 0.3) is 0 Å². The second-order valence-corrected chi connectivity index (χ2v) is 4.59. The summed E-state index contributed by atoms with van der Waals surface area (Å²) in [4.78, 5) is 0. The molecular formula is C7H6INaO4S. The van der Waals surface area contributed by atoms with Crippen LogP contribution in [0.5, 0.6) is 0 Å². The van der Waals surface area contributed by atoms with Crippen LogP contribution in [-0.2, 0) is 21.2 Å². The fraction of sp³-hybridized carbons (Fsp3) is 0.143. The molecule has 14 heavy (non-hydrogen) atoms. The summed E-state index contributed by atoms with van der Waals surface area (Å²) in [5, 5.41) is 0. The van der Waals surface area contributed by atoms with Gasteiger partial charge in [-0.15, -0.1) is 0 Å². The first-order valence-electron chi connectivity index (χ1n) is 3.32. The first-order chi connectivity index (χ1) is 5.97. The van der Waals surface area contributed by atoms with E-state index in [1.807, 2.05) is 0 Å². The summed E-state index contributed by atoms with van der Waals surface area (Å²) in [6, 6.07) is 7.01. The fourth-order valence-electron chi connectivity index (χ4n) is 0.721. The summed E-state index contributed by atoms with van der Waals surface area (Å²) in [7, 11) is -4.58. The van der Waals surface area contributed by atoms with E-state index in [2.05, 4.69) is 26.8 Å². The molecule has 7 heteroatoms. The van der Waals surface area contributed by atoms with Gasteiger partial charge in [-0.1, -0.05) is 12.1 Å². The van der Waals surface area contributed by atoms with Crippen molar-refractivity contribution in [1.82, 2.24) is 0 Å². The Bertz CT molecular complexity index is 375. The second-order valence-electron chi connectivity index (χ2n) is 2.30. The number of rotatable bonds is 3. The van der Waals surface area contributed by atoms with Gasteiger partial charge in [0.2, 0.25) is 10.4 Å². The third-order valence-corrected chi connectivity index (χ3v) is 2.41. The third-order valence-electron chi connectivity index (χ3n) is 1.28.